The molecule has 1 aliphatic heterocycles. The third kappa shape index (κ3) is 6.72. The first-order valence-corrected chi connectivity index (χ1v) is 13.3. The van der Waals surface area contributed by atoms with E-state index in [-0.39, 0.29) is 17.2 Å². The van der Waals surface area contributed by atoms with Gasteiger partial charge in [-0.3, -0.25) is 19.1 Å². The van der Waals surface area contributed by atoms with Gasteiger partial charge in [0.25, 0.3) is 5.56 Å². The average Bonchev–Trinajstić information content (AvgIpc) is 2.89. The molecule has 0 atom stereocenters. The summed E-state index contributed by atoms with van der Waals surface area (Å²) in [6.45, 7) is 7.54. The van der Waals surface area contributed by atoms with Gasteiger partial charge in [0.05, 0.1) is 29.9 Å². The Labute approximate surface area is 211 Å². The summed E-state index contributed by atoms with van der Waals surface area (Å²) in [6, 6.07) is 15.8. The summed E-state index contributed by atoms with van der Waals surface area (Å²) in [4.78, 5) is 35.0. The SMILES string of the molecule is CCc1ccc(CN(C)C(=O)CSc2nc3ccccc3c(=O)n2CCCN2CCOCC2)cc1. The molecule has 1 saturated heterocycles. The number of hydrogen-bond acceptors (Lipinski definition) is 6. The summed E-state index contributed by atoms with van der Waals surface area (Å²) >= 11 is 1.34. The monoisotopic (exact) mass is 494 g/mol. The molecule has 0 radical (unpaired) electrons. The summed E-state index contributed by atoms with van der Waals surface area (Å²) in [6.07, 6.45) is 1.84. The first-order chi connectivity index (χ1) is 17.0. The second-order valence-electron chi connectivity index (χ2n) is 8.88. The van der Waals surface area contributed by atoms with Crippen LogP contribution >= 0.6 is 11.8 Å². The van der Waals surface area contributed by atoms with E-state index in [1.54, 1.807) is 9.47 Å². The molecule has 0 N–H and O–H groups in total. The number of amides is 1. The molecule has 0 aliphatic carbocycles. The number of ether oxygens (including phenoxy) is 1. The lowest BCUT2D eigenvalue weighted by Gasteiger charge is -2.26. The maximum Gasteiger partial charge on any atom is 0.262 e. The topological polar surface area (TPSA) is 67.7 Å². The summed E-state index contributed by atoms with van der Waals surface area (Å²) in [5, 5.41) is 1.21. The normalized spacial score (nSPS) is 14.3. The number of rotatable bonds is 10. The van der Waals surface area contributed by atoms with E-state index in [0.717, 1.165) is 51.3 Å². The maximum absolute atomic E-state index is 13.3. The molecule has 7 nitrogen and oxygen atoms in total. The van der Waals surface area contributed by atoms with Crippen LogP contribution in [-0.4, -0.2) is 70.9 Å². The van der Waals surface area contributed by atoms with Crippen molar-refractivity contribution >= 4 is 28.6 Å². The standard InChI is InChI=1S/C27H34N4O3S/c1-3-21-9-11-22(12-10-21)19-29(2)25(32)20-35-27-28-24-8-5-4-7-23(24)26(33)31(27)14-6-13-30-15-17-34-18-16-30/h4-5,7-12H,3,6,13-20H2,1-2H3. The lowest BCUT2D eigenvalue weighted by atomic mass is 10.1. The predicted molar refractivity (Wildman–Crippen MR) is 141 cm³/mol. The Morgan fingerprint density at radius 1 is 1.06 bits per heavy atom. The zero-order chi connectivity index (χ0) is 24.6. The lowest BCUT2D eigenvalue weighted by Crippen LogP contribution is -2.37. The number of hydrogen-bond donors (Lipinski definition) is 0. The maximum atomic E-state index is 13.3. The van der Waals surface area contributed by atoms with Crippen LogP contribution in [0.2, 0.25) is 0 Å². The van der Waals surface area contributed by atoms with Gasteiger partial charge in [-0.2, -0.15) is 0 Å². The number of fused-ring (bicyclic) bond motifs is 1. The van der Waals surface area contributed by atoms with Crippen LogP contribution in [0.4, 0.5) is 0 Å². The predicted octanol–water partition coefficient (Wildman–Crippen LogP) is 3.43. The van der Waals surface area contributed by atoms with E-state index in [0.29, 0.717) is 29.1 Å². The molecular formula is C27H34N4O3S. The Balaban J connectivity index is 1.43. The summed E-state index contributed by atoms with van der Waals surface area (Å²) in [5.41, 5.74) is 3.01. The highest BCUT2D eigenvalue weighted by atomic mass is 32.2. The molecule has 0 unspecified atom stereocenters. The molecule has 0 saturated carbocycles. The average molecular weight is 495 g/mol. The molecule has 1 aliphatic rings. The molecule has 2 heterocycles. The minimum Gasteiger partial charge on any atom is -0.379 e. The molecule has 35 heavy (non-hydrogen) atoms. The van der Waals surface area contributed by atoms with Crippen molar-refractivity contribution in [1.82, 2.24) is 19.4 Å². The second-order valence-corrected chi connectivity index (χ2v) is 9.83. The van der Waals surface area contributed by atoms with E-state index in [4.69, 9.17) is 9.72 Å². The van der Waals surface area contributed by atoms with Crippen LogP contribution in [-0.2, 0) is 29.0 Å². The Hall–Kier alpha value is -2.68. The molecule has 3 aromatic rings. The highest BCUT2D eigenvalue weighted by Gasteiger charge is 2.16. The van der Waals surface area contributed by atoms with Crippen LogP contribution in [0.1, 0.15) is 24.5 Å². The van der Waals surface area contributed by atoms with Gasteiger partial charge in [0.2, 0.25) is 5.91 Å². The third-order valence-corrected chi connectivity index (χ3v) is 7.35. The molecule has 1 aromatic heterocycles. The van der Waals surface area contributed by atoms with E-state index < -0.39 is 0 Å². The number of carbonyl (C=O) groups is 1. The van der Waals surface area contributed by atoms with Crippen molar-refractivity contribution in [2.45, 2.75) is 38.0 Å². The molecule has 4 rings (SSSR count). The van der Waals surface area contributed by atoms with E-state index in [9.17, 15) is 9.59 Å². The van der Waals surface area contributed by atoms with E-state index >= 15 is 0 Å². The number of aryl methyl sites for hydroxylation is 1. The van der Waals surface area contributed by atoms with Crippen LogP contribution in [0, 0.1) is 0 Å². The molecule has 0 bridgehead atoms. The molecule has 8 heteroatoms. The molecule has 1 amide bonds. The molecule has 186 valence electrons. The van der Waals surface area contributed by atoms with Gasteiger partial charge < -0.3 is 9.64 Å². The molecular weight excluding hydrogens is 460 g/mol. The number of para-hydroxylation sites is 1. The van der Waals surface area contributed by atoms with Gasteiger partial charge in [0.1, 0.15) is 0 Å². The Morgan fingerprint density at radius 3 is 2.51 bits per heavy atom. The van der Waals surface area contributed by atoms with Crippen LogP contribution in [0.5, 0.6) is 0 Å². The fourth-order valence-corrected chi connectivity index (χ4v) is 5.18. The summed E-state index contributed by atoms with van der Waals surface area (Å²) in [7, 11) is 1.82. The number of carbonyl (C=O) groups excluding carboxylic acids is 1. The zero-order valence-electron chi connectivity index (χ0n) is 20.6. The summed E-state index contributed by atoms with van der Waals surface area (Å²) in [5.74, 6) is 0.245. The van der Waals surface area contributed by atoms with Crippen molar-refractivity contribution in [3.8, 4) is 0 Å². The van der Waals surface area contributed by atoms with Gasteiger partial charge >= 0.3 is 0 Å². The van der Waals surface area contributed by atoms with Crippen LogP contribution in [0.3, 0.4) is 0 Å². The van der Waals surface area contributed by atoms with Crippen LogP contribution in [0.25, 0.3) is 10.9 Å². The van der Waals surface area contributed by atoms with Crippen molar-refractivity contribution in [2.75, 3.05) is 45.6 Å². The third-order valence-electron chi connectivity index (χ3n) is 6.39. The Kier molecular flexibility index (Phi) is 8.95. The van der Waals surface area contributed by atoms with Gasteiger partial charge in [-0.05, 0) is 36.1 Å². The van der Waals surface area contributed by atoms with Crippen molar-refractivity contribution in [2.24, 2.45) is 0 Å². The zero-order valence-corrected chi connectivity index (χ0v) is 21.4. The lowest BCUT2D eigenvalue weighted by molar-refractivity contribution is -0.127. The second kappa shape index (κ2) is 12.3. The van der Waals surface area contributed by atoms with Crippen molar-refractivity contribution in [3.63, 3.8) is 0 Å². The number of thioether (sulfide) groups is 1. The van der Waals surface area contributed by atoms with Crippen molar-refractivity contribution in [3.05, 3.63) is 70.0 Å². The van der Waals surface area contributed by atoms with E-state index in [1.807, 2.05) is 31.3 Å². The summed E-state index contributed by atoms with van der Waals surface area (Å²) < 4.78 is 7.17. The largest absolute Gasteiger partial charge is 0.379 e. The van der Waals surface area contributed by atoms with Gasteiger partial charge in [0, 0.05) is 39.8 Å². The number of morpholine rings is 1. The Morgan fingerprint density at radius 2 is 1.77 bits per heavy atom. The fourth-order valence-electron chi connectivity index (χ4n) is 4.21. The van der Waals surface area contributed by atoms with E-state index in [2.05, 4.69) is 36.1 Å². The van der Waals surface area contributed by atoms with Gasteiger partial charge in [-0.1, -0.05) is 55.1 Å². The van der Waals surface area contributed by atoms with Gasteiger partial charge in [-0.25, -0.2) is 4.98 Å². The van der Waals surface area contributed by atoms with Crippen LogP contribution < -0.4 is 5.56 Å². The van der Waals surface area contributed by atoms with Gasteiger partial charge in [0.15, 0.2) is 5.16 Å². The quantitative estimate of drug-likeness (QED) is 0.318. The van der Waals surface area contributed by atoms with Crippen LogP contribution in [0.15, 0.2) is 58.5 Å². The number of benzene rings is 2. The Bertz CT molecular complexity index is 1190. The fraction of sp³-hybridized carbons (Fsp3) is 0.444. The highest BCUT2D eigenvalue weighted by molar-refractivity contribution is 7.99. The highest BCUT2D eigenvalue weighted by Crippen LogP contribution is 2.19. The smallest absolute Gasteiger partial charge is 0.262 e. The van der Waals surface area contributed by atoms with Gasteiger partial charge in [-0.15, -0.1) is 0 Å². The minimum atomic E-state index is -0.0445. The molecule has 1 fully saturated rings. The first kappa shape index (κ1) is 25.4. The number of aromatic nitrogens is 2. The van der Waals surface area contributed by atoms with Crippen molar-refractivity contribution < 1.29 is 9.53 Å². The number of nitrogens with zero attached hydrogens (tertiary/aromatic N) is 4. The van der Waals surface area contributed by atoms with Crippen molar-refractivity contribution in [1.29, 1.82) is 0 Å². The molecule has 2 aromatic carbocycles. The van der Waals surface area contributed by atoms with E-state index in [1.165, 1.54) is 17.3 Å². The molecule has 0 spiro atoms. The minimum absolute atomic E-state index is 0.0110. The first-order valence-electron chi connectivity index (χ1n) is 12.3.